The molecule has 1 N–H and O–H groups in total. The number of carbonyl (C=O) groups excluding carboxylic acids is 3. The minimum absolute atomic E-state index is 0.205. The van der Waals surface area contributed by atoms with E-state index in [1.54, 1.807) is 30.3 Å². The Labute approximate surface area is 129 Å². The summed E-state index contributed by atoms with van der Waals surface area (Å²) in [7, 11) is 1.26. The third-order valence-electron chi connectivity index (χ3n) is 2.87. The largest absolute Gasteiger partial charge is 0.467 e. The van der Waals surface area contributed by atoms with Crippen LogP contribution in [0.2, 0.25) is 0 Å². The predicted molar refractivity (Wildman–Crippen MR) is 80.1 cm³/mol. The van der Waals surface area contributed by atoms with Crippen LogP contribution in [-0.2, 0) is 19.1 Å². The first-order valence-corrected chi connectivity index (χ1v) is 7.03. The number of benzene rings is 1. The number of amides is 1. The lowest BCUT2D eigenvalue weighted by atomic mass is 10.0. The van der Waals surface area contributed by atoms with Gasteiger partial charge in [0.2, 0.25) is 0 Å². The standard InChI is InChI=1S/C16H21NO5/c1-11(2)9-13(16(20)21-3)17-14(18)10-22-15(19)12-7-5-4-6-8-12/h4-8,11,13H,9-10H2,1-3H3,(H,17,18). The quantitative estimate of drug-likeness (QED) is 0.773. The topological polar surface area (TPSA) is 81.7 Å². The summed E-state index contributed by atoms with van der Waals surface area (Å²) in [5, 5.41) is 2.52. The van der Waals surface area contributed by atoms with Gasteiger partial charge in [0, 0.05) is 0 Å². The fourth-order valence-electron chi connectivity index (χ4n) is 1.85. The summed E-state index contributed by atoms with van der Waals surface area (Å²) in [6.07, 6.45) is 0.449. The minimum Gasteiger partial charge on any atom is -0.467 e. The third kappa shape index (κ3) is 5.95. The molecular formula is C16H21NO5. The number of carbonyl (C=O) groups is 3. The lowest BCUT2D eigenvalue weighted by Crippen LogP contribution is -2.44. The highest BCUT2D eigenvalue weighted by Crippen LogP contribution is 2.06. The van der Waals surface area contributed by atoms with Crippen LogP contribution in [0.1, 0.15) is 30.6 Å². The van der Waals surface area contributed by atoms with Gasteiger partial charge < -0.3 is 14.8 Å². The summed E-state index contributed by atoms with van der Waals surface area (Å²) in [5.41, 5.74) is 0.363. The fraction of sp³-hybridized carbons (Fsp3) is 0.438. The third-order valence-corrected chi connectivity index (χ3v) is 2.87. The summed E-state index contributed by atoms with van der Waals surface area (Å²) < 4.78 is 9.55. The molecule has 0 aliphatic rings. The molecule has 1 unspecified atom stereocenters. The molecule has 0 fully saturated rings. The molecule has 0 spiro atoms. The second-order valence-corrected chi connectivity index (χ2v) is 5.21. The van der Waals surface area contributed by atoms with Crippen molar-refractivity contribution in [3.63, 3.8) is 0 Å². The van der Waals surface area contributed by atoms with E-state index in [1.807, 2.05) is 13.8 Å². The molecule has 0 bridgehead atoms. The Morgan fingerprint density at radius 3 is 2.32 bits per heavy atom. The van der Waals surface area contributed by atoms with Crippen LogP contribution in [0.5, 0.6) is 0 Å². The minimum atomic E-state index is -0.743. The van der Waals surface area contributed by atoms with Gasteiger partial charge in [-0.25, -0.2) is 9.59 Å². The van der Waals surface area contributed by atoms with Crippen molar-refractivity contribution >= 4 is 17.8 Å². The van der Waals surface area contributed by atoms with E-state index < -0.39 is 30.5 Å². The second-order valence-electron chi connectivity index (χ2n) is 5.21. The zero-order valence-electron chi connectivity index (χ0n) is 13.0. The molecule has 1 atom stereocenters. The van der Waals surface area contributed by atoms with Crippen LogP contribution in [-0.4, -0.2) is 37.6 Å². The molecule has 0 saturated heterocycles. The van der Waals surface area contributed by atoms with Crippen molar-refractivity contribution in [1.82, 2.24) is 5.32 Å². The monoisotopic (exact) mass is 307 g/mol. The molecule has 1 rings (SSSR count). The Morgan fingerprint density at radius 2 is 1.77 bits per heavy atom. The van der Waals surface area contributed by atoms with E-state index in [1.165, 1.54) is 7.11 Å². The maximum absolute atomic E-state index is 11.8. The van der Waals surface area contributed by atoms with E-state index in [-0.39, 0.29) is 5.92 Å². The lowest BCUT2D eigenvalue weighted by molar-refractivity contribution is -0.145. The first-order chi connectivity index (χ1) is 10.4. The molecule has 6 nitrogen and oxygen atoms in total. The summed E-state index contributed by atoms with van der Waals surface area (Å²) in [5.74, 6) is -1.44. The van der Waals surface area contributed by atoms with Crippen molar-refractivity contribution < 1.29 is 23.9 Å². The van der Waals surface area contributed by atoms with E-state index in [4.69, 9.17) is 4.74 Å². The molecular weight excluding hydrogens is 286 g/mol. The molecule has 0 aromatic heterocycles. The van der Waals surface area contributed by atoms with E-state index in [0.29, 0.717) is 12.0 Å². The Hall–Kier alpha value is -2.37. The molecule has 0 aliphatic heterocycles. The van der Waals surface area contributed by atoms with Crippen LogP contribution in [0.15, 0.2) is 30.3 Å². The molecule has 1 amide bonds. The van der Waals surface area contributed by atoms with Crippen LogP contribution in [0.25, 0.3) is 0 Å². The average Bonchev–Trinajstić information content (AvgIpc) is 2.51. The second kappa shape index (κ2) is 8.81. The van der Waals surface area contributed by atoms with Gasteiger partial charge in [-0.05, 0) is 24.5 Å². The average molecular weight is 307 g/mol. The van der Waals surface area contributed by atoms with Gasteiger partial charge in [-0.15, -0.1) is 0 Å². The van der Waals surface area contributed by atoms with Gasteiger partial charge >= 0.3 is 11.9 Å². The van der Waals surface area contributed by atoms with Crippen molar-refractivity contribution in [2.45, 2.75) is 26.3 Å². The van der Waals surface area contributed by atoms with E-state index in [9.17, 15) is 14.4 Å². The predicted octanol–water partition coefficient (Wildman–Crippen LogP) is 1.55. The van der Waals surface area contributed by atoms with Crippen molar-refractivity contribution in [3.05, 3.63) is 35.9 Å². The molecule has 0 saturated carbocycles. The highest BCUT2D eigenvalue weighted by atomic mass is 16.5. The highest BCUT2D eigenvalue weighted by Gasteiger charge is 2.23. The zero-order chi connectivity index (χ0) is 16.5. The van der Waals surface area contributed by atoms with Gasteiger partial charge in [0.1, 0.15) is 6.04 Å². The summed E-state index contributed by atoms with van der Waals surface area (Å²) in [6, 6.07) is 7.62. The van der Waals surface area contributed by atoms with Gasteiger partial charge in [-0.3, -0.25) is 4.79 Å². The van der Waals surface area contributed by atoms with Gasteiger partial charge in [0.05, 0.1) is 12.7 Å². The van der Waals surface area contributed by atoms with Gasteiger partial charge in [-0.2, -0.15) is 0 Å². The zero-order valence-corrected chi connectivity index (χ0v) is 13.0. The number of hydrogen-bond donors (Lipinski definition) is 1. The van der Waals surface area contributed by atoms with Gasteiger partial charge in [-0.1, -0.05) is 32.0 Å². The van der Waals surface area contributed by atoms with Crippen molar-refractivity contribution in [2.24, 2.45) is 5.92 Å². The molecule has 1 aromatic carbocycles. The Bertz CT molecular complexity index is 513. The molecule has 120 valence electrons. The normalized spacial score (nSPS) is 11.6. The van der Waals surface area contributed by atoms with Crippen molar-refractivity contribution in [2.75, 3.05) is 13.7 Å². The smallest absolute Gasteiger partial charge is 0.338 e. The summed E-state index contributed by atoms with van der Waals surface area (Å²) in [4.78, 5) is 35.1. The molecule has 1 aromatic rings. The van der Waals surface area contributed by atoms with Gasteiger partial charge in [0.25, 0.3) is 5.91 Å². The summed E-state index contributed by atoms with van der Waals surface area (Å²) >= 11 is 0. The molecule has 0 heterocycles. The van der Waals surface area contributed by atoms with Crippen molar-refractivity contribution in [1.29, 1.82) is 0 Å². The van der Waals surface area contributed by atoms with Crippen molar-refractivity contribution in [3.8, 4) is 0 Å². The van der Waals surface area contributed by atoms with Crippen LogP contribution >= 0.6 is 0 Å². The molecule has 6 heteroatoms. The fourth-order valence-corrected chi connectivity index (χ4v) is 1.85. The first-order valence-electron chi connectivity index (χ1n) is 7.03. The number of rotatable bonds is 7. The lowest BCUT2D eigenvalue weighted by Gasteiger charge is -2.18. The Kier molecular flexibility index (Phi) is 7.08. The molecule has 22 heavy (non-hydrogen) atoms. The highest BCUT2D eigenvalue weighted by molar-refractivity contribution is 5.92. The number of hydrogen-bond acceptors (Lipinski definition) is 5. The number of ether oxygens (including phenoxy) is 2. The first kappa shape index (κ1) is 17.7. The maximum atomic E-state index is 11.8. The van der Waals surface area contributed by atoms with Crippen LogP contribution in [0.3, 0.4) is 0 Å². The number of nitrogens with one attached hydrogen (secondary N) is 1. The Balaban J connectivity index is 2.50. The van der Waals surface area contributed by atoms with E-state index >= 15 is 0 Å². The maximum Gasteiger partial charge on any atom is 0.338 e. The van der Waals surface area contributed by atoms with Gasteiger partial charge in [0.15, 0.2) is 6.61 Å². The molecule has 0 aliphatic carbocycles. The van der Waals surface area contributed by atoms with E-state index in [2.05, 4.69) is 10.1 Å². The molecule has 0 radical (unpaired) electrons. The van der Waals surface area contributed by atoms with Crippen LogP contribution in [0.4, 0.5) is 0 Å². The number of methoxy groups -OCH3 is 1. The number of esters is 2. The summed E-state index contributed by atoms with van der Waals surface area (Å²) in [6.45, 7) is 3.41. The van der Waals surface area contributed by atoms with Crippen LogP contribution < -0.4 is 5.32 Å². The SMILES string of the molecule is COC(=O)C(CC(C)C)NC(=O)COC(=O)c1ccccc1. The van der Waals surface area contributed by atoms with Crippen LogP contribution in [0, 0.1) is 5.92 Å². The van der Waals surface area contributed by atoms with E-state index in [0.717, 1.165) is 0 Å². The Morgan fingerprint density at radius 1 is 1.14 bits per heavy atom.